The minimum Gasteiger partial charge on any atom is -0.274 e. The van der Waals surface area contributed by atoms with Gasteiger partial charge in [-0.3, -0.25) is 19.7 Å². The van der Waals surface area contributed by atoms with Crippen LogP contribution in [0.25, 0.3) is 0 Å². The summed E-state index contributed by atoms with van der Waals surface area (Å²) in [4.78, 5) is 37.2. The monoisotopic (exact) mass is 298 g/mol. The van der Waals surface area contributed by atoms with Gasteiger partial charge in [0.25, 0.3) is 5.69 Å². The molecule has 22 heavy (non-hydrogen) atoms. The number of hydrogen-bond donors (Lipinski definition) is 0. The second-order valence-corrected chi connectivity index (χ2v) is 6.26. The fourth-order valence-corrected chi connectivity index (χ4v) is 4.11. The number of aryl methyl sites for hydroxylation is 1. The van der Waals surface area contributed by atoms with Gasteiger partial charge in [-0.05, 0) is 36.8 Å². The number of anilines is 1. The number of carbonyl (C=O) groups excluding carboxylic acids is 2. The molecule has 112 valence electrons. The number of rotatable bonds is 2. The molecule has 1 saturated heterocycles. The molecule has 4 atom stereocenters. The number of imide groups is 1. The zero-order valence-electron chi connectivity index (χ0n) is 11.9. The highest BCUT2D eigenvalue weighted by Crippen LogP contribution is 2.53. The van der Waals surface area contributed by atoms with E-state index in [2.05, 4.69) is 0 Å². The molecular formula is C16H14N2O4. The molecule has 0 N–H and O–H groups in total. The summed E-state index contributed by atoms with van der Waals surface area (Å²) in [5.74, 6) is -1.08. The van der Waals surface area contributed by atoms with Crippen molar-refractivity contribution in [2.75, 3.05) is 4.90 Å². The lowest BCUT2D eigenvalue weighted by molar-refractivity contribution is -0.384. The van der Waals surface area contributed by atoms with Crippen molar-refractivity contribution in [3.8, 4) is 0 Å². The van der Waals surface area contributed by atoms with Gasteiger partial charge in [0.15, 0.2) is 0 Å². The number of fused-ring (bicyclic) bond motifs is 5. The Bertz CT molecular complexity index is 725. The van der Waals surface area contributed by atoms with Gasteiger partial charge in [0.1, 0.15) is 5.69 Å². The van der Waals surface area contributed by atoms with Gasteiger partial charge >= 0.3 is 0 Å². The van der Waals surface area contributed by atoms with E-state index in [1.165, 1.54) is 12.1 Å². The Hall–Kier alpha value is -2.50. The molecule has 1 aliphatic heterocycles. The van der Waals surface area contributed by atoms with Gasteiger partial charge in [-0.1, -0.05) is 18.2 Å². The van der Waals surface area contributed by atoms with E-state index in [9.17, 15) is 19.7 Å². The molecule has 1 heterocycles. The van der Waals surface area contributed by atoms with Gasteiger partial charge in [-0.2, -0.15) is 0 Å². The summed E-state index contributed by atoms with van der Waals surface area (Å²) < 4.78 is 0. The van der Waals surface area contributed by atoms with Crippen LogP contribution in [0.1, 0.15) is 12.0 Å². The van der Waals surface area contributed by atoms with Crippen LogP contribution in [0.15, 0.2) is 30.4 Å². The van der Waals surface area contributed by atoms with E-state index in [0.29, 0.717) is 0 Å². The molecule has 2 bridgehead atoms. The molecule has 4 rings (SSSR count). The molecule has 0 radical (unpaired) electrons. The van der Waals surface area contributed by atoms with Crippen LogP contribution in [0.2, 0.25) is 0 Å². The number of amides is 2. The van der Waals surface area contributed by atoms with Gasteiger partial charge in [0.2, 0.25) is 11.8 Å². The summed E-state index contributed by atoms with van der Waals surface area (Å²) >= 11 is 0. The van der Waals surface area contributed by atoms with E-state index in [0.717, 1.165) is 16.9 Å². The first-order chi connectivity index (χ1) is 10.5. The SMILES string of the molecule is Cc1ccc(N2C(=O)C3C4C=CC(C4)C3C2=O)c([N+](=O)[O-])c1. The summed E-state index contributed by atoms with van der Waals surface area (Å²) in [5, 5.41) is 11.3. The van der Waals surface area contributed by atoms with Crippen molar-refractivity contribution in [2.45, 2.75) is 13.3 Å². The minimum atomic E-state index is -0.538. The zero-order valence-corrected chi connectivity index (χ0v) is 11.9. The average molecular weight is 298 g/mol. The largest absolute Gasteiger partial charge is 0.293 e. The van der Waals surface area contributed by atoms with Gasteiger partial charge in [-0.15, -0.1) is 0 Å². The van der Waals surface area contributed by atoms with Gasteiger partial charge < -0.3 is 0 Å². The summed E-state index contributed by atoms with van der Waals surface area (Å²) in [6.07, 6.45) is 4.85. The van der Waals surface area contributed by atoms with Crippen molar-refractivity contribution >= 4 is 23.2 Å². The number of hydrogen-bond acceptors (Lipinski definition) is 4. The van der Waals surface area contributed by atoms with Crippen LogP contribution >= 0.6 is 0 Å². The first-order valence-electron chi connectivity index (χ1n) is 7.30. The third-order valence-corrected chi connectivity index (χ3v) is 5.04. The second-order valence-electron chi connectivity index (χ2n) is 6.26. The Morgan fingerprint density at radius 2 is 1.73 bits per heavy atom. The highest BCUT2D eigenvalue weighted by atomic mass is 16.6. The summed E-state index contributed by atoms with van der Waals surface area (Å²) in [6.45, 7) is 1.74. The molecule has 6 nitrogen and oxygen atoms in total. The van der Waals surface area contributed by atoms with Crippen LogP contribution in [0.5, 0.6) is 0 Å². The van der Waals surface area contributed by atoms with Crippen molar-refractivity contribution in [3.05, 3.63) is 46.0 Å². The van der Waals surface area contributed by atoms with Gasteiger partial charge in [0, 0.05) is 6.07 Å². The van der Waals surface area contributed by atoms with Gasteiger partial charge in [-0.25, -0.2) is 4.90 Å². The smallest absolute Gasteiger partial charge is 0.274 e. The van der Waals surface area contributed by atoms with Crippen LogP contribution in [0, 0.1) is 40.7 Å². The van der Waals surface area contributed by atoms with Crippen LogP contribution in [-0.4, -0.2) is 16.7 Å². The van der Waals surface area contributed by atoms with Crippen LogP contribution in [-0.2, 0) is 9.59 Å². The molecule has 4 unspecified atom stereocenters. The van der Waals surface area contributed by atoms with Crippen molar-refractivity contribution in [3.63, 3.8) is 0 Å². The highest BCUT2D eigenvalue weighted by Gasteiger charge is 2.60. The standard InChI is InChI=1S/C16H14N2O4/c1-8-2-5-11(12(6-8)18(21)22)17-15(19)13-9-3-4-10(7-9)14(13)16(17)20/h2-6,9-10,13-14H,7H2,1H3. The number of benzene rings is 1. The van der Waals surface area contributed by atoms with Crippen LogP contribution in [0.4, 0.5) is 11.4 Å². The predicted octanol–water partition coefficient (Wildman–Crippen LogP) is 2.21. The fourth-order valence-electron chi connectivity index (χ4n) is 4.11. The van der Waals surface area contributed by atoms with E-state index in [1.807, 2.05) is 12.2 Å². The summed E-state index contributed by atoms with van der Waals surface area (Å²) in [6, 6.07) is 4.58. The van der Waals surface area contributed by atoms with Crippen molar-refractivity contribution in [1.29, 1.82) is 0 Å². The maximum atomic E-state index is 12.7. The minimum absolute atomic E-state index is 0.0967. The van der Waals surface area contributed by atoms with Crippen molar-refractivity contribution in [2.24, 2.45) is 23.7 Å². The zero-order chi connectivity index (χ0) is 15.6. The van der Waals surface area contributed by atoms with Crippen LogP contribution < -0.4 is 4.90 Å². The van der Waals surface area contributed by atoms with E-state index in [-0.39, 0.29) is 46.9 Å². The molecule has 2 aliphatic carbocycles. The Balaban J connectivity index is 1.81. The summed E-state index contributed by atoms with van der Waals surface area (Å²) in [5.41, 5.74) is 0.623. The van der Waals surface area contributed by atoms with E-state index >= 15 is 0 Å². The lowest BCUT2D eigenvalue weighted by atomic mass is 9.85. The molecule has 6 heteroatoms. The Kier molecular flexibility index (Phi) is 2.55. The lowest BCUT2D eigenvalue weighted by Crippen LogP contribution is -2.33. The molecule has 1 saturated carbocycles. The van der Waals surface area contributed by atoms with E-state index in [4.69, 9.17) is 0 Å². The first kappa shape index (κ1) is 13.2. The molecular weight excluding hydrogens is 284 g/mol. The van der Waals surface area contributed by atoms with E-state index in [1.54, 1.807) is 13.0 Å². The third-order valence-electron chi connectivity index (χ3n) is 5.04. The Labute approximate surface area is 126 Å². The molecule has 2 fully saturated rings. The highest BCUT2D eigenvalue weighted by molar-refractivity contribution is 6.23. The lowest BCUT2D eigenvalue weighted by Gasteiger charge is -2.17. The third kappa shape index (κ3) is 1.55. The molecule has 0 aromatic heterocycles. The topological polar surface area (TPSA) is 80.5 Å². The summed E-state index contributed by atoms with van der Waals surface area (Å²) in [7, 11) is 0. The van der Waals surface area contributed by atoms with Crippen LogP contribution in [0.3, 0.4) is 0 Å². The Morgan fingerprint density at radius 1 is 1.14 bits per heavy atom. The first-order valence-corrected chi connectivity index (χ1v) is 7.30. The molecule has 2 amide bonds. The normalized spacial score (nSPS) is 32.0. The number of nitrogens with zero attached hydrogens (tertiary/aromatic N) is 2. The van der Waals surface area contributed by atoms with E-state index < -0.39 is 4.92 Å². The van der Waals surface area contributed by atoms with Gasteiger partial charge in [0.05, 0.1) is 16.8 Å². The fraction of sp³-hybridized carbons (Fsp3) is 0.375. The van der Waals surface area contributed by atoms with Crippen molar-refractivity contribution < 1.29 is 14.5 Å². The maximum absolute atomic E-state index is 12.7. The number of nitro benzene ring substituents is 1. The molecule has 1 aromatic carbocycles. The predicted molar refractivity (Wildman–Crippen MR) is 78.0 cm³/mol. The van der Waals surface area contributed by atoms with Crippen molar-refractivity contribution in [1.82, 2.24) is 0 Å². The second kappa shape index (κ2) is 4.25. The number of nitro groups is 1. The molecule has 3 aliphatic rings. The number of allylic oxidation sites excluding steroid dienone is 2. The average Bonchev–Trinajstić information content (AvgIpc) is 3.14. The molecule has 1 aromatic rings. The Morgan fingerprint density at radius 3 is 2.27 bits per heavy atom. The maximum Gasteiger partial charge on any atom is 0.293 e. The quantitative estimate of drug-likeness (QED) is 0.363. The number of carbonyl (C=O) groups is 2. The molecule has 0 spiro atoms.